The van der Waals surface area contributed by atoms with Gasteiger partial charge in [0.05, 0.1) is 5.56 Å². The summed E-state index contributed by atoms with van der Waals surface area (Å²) < 4.78 is 10.7. The lowest BCUT2D eigenvalue weighted by atomic mass is 10.1. The van der Waals surface area contributed by atoms with Gasteiger partial charge in [-0.1, -0.05) is 48.0 Å². The highest BCUT2D eigenvalue weighted by Crippen LogP contribution is 2.15. The molecule has 0 aliphatic heterocycles. The lowest BCUT2D eigenvalue weighted by Gasteiger charge is -2.08. The van der Waals surface area contributed by atoms with Gasteiger partial charge in [0.15, 0.2) is 6.61 Å². The number of carbonyl (C=O) groups excluding carboxylic acids is 2. The van der Waals surface area contributed by atoms with Gasteiger partial charge >= 0.3 is 5.97 Å². The minimum Gasteiger partial charge on any atom is -0.489 e. The minimum atomic E-state index is -0.572. The normalized spacial score (nSPS) is 10.2. The molecule has 0 atom stereocenters. The summed E-state index contributed by atoms with van der Waals surface area (Å²) in [4.78, 5) is 24.0. The summed E-state index contributed by atoms with van der Waals surface area (Å²) in [6.07, 6.45) is 0. The first kappa shape index (κ1) is 19.5. The van der Waals surface area contributed by atoms with Crippen LogP contribution in [0.2, 0.25) is 5.02 Å². The summed E-state index contributed by atoms with van der Waals surface area (Å²) in [5, 5.41) is 3.12. The van der Waals surface area contributed by atoms with Gasteiger partial charge in [-0.3, -0.25) is 4.79 Å². The Morgan fingerprint density at radius 1 is 0.893 bits per heavy atom. The van der Waals surface area contributed by atoms with E-state index in [4.69, 9.17) is 21.1 Å². The molecule has 3 aromatic carbocycles. The molecule has 0 fully saturated rings. The fourth-order valence-corrected chi connectivity index (χ4v) is 2.59. The van der Waals surface area contributed by atoms with Crippen molar-refractivity contribution in [1.82, 2.24) is 0 Å². The predicted octanol–water partition coefficient (Wildman–Crippen LogP) is 4.71. The average molecular weight is 396 g/mol. The van der Waals surface area contributed by atoms with Crippen LogP contribution in [0.15, 0.2) is 78.9 Å². The third-order valence-corrected chi connectivity index (χ3v) is 4.02. The lowest BCUT2D eigenvalue weighted by Crippen LogP contribution is -2.20. The SMILES string of the molecule is O=C(COC(=O)c1ccc(COc2ccccc2)cc1)Nc1cccc(Cl)c1. The highest BCUT2D eigenvalue weighted by atomic mass is 35.5. The number of nitrogens with one attached hydrogen (secondary N) is 1. The zero-order chi connectivity index (χ0) is 19.8. The Balaban J connectivity index is 1.47. The summed E-state index contributed by atoms with van der Waals surface area (Å²) in [6.45, 7) is 0.00555. The van der Waals surface area contributed by atoms with Crippen molar-refractivity contribution in [3.8, 4) is 5.75 Å². The second-order valence-electron chi connectivity index (χ2n) is 5.93. The molecule has 3 rings (SSSR count). The van der Waals surface area contributed by atoms with E-state index in [1.54, 1.807) is 48.5 Å². The molecule has 0 saturated carbocycles. The number of esters is 1. The van der Waals surface area contributed by atoms with Gasteiger partial charge < -0.3 is 14.8 Å². The van der Waals surface area contributed by atoms with Gasteiger partial charge in [-0.15, -0.1) is 0 Å². The number of para-hydroxylation sites is 1. The maximum absolute atomic E-state index is 12.1. The Bertz CT molecular complexity index is 942. The molecule has 0 aliphatic rings. The molecular formula is C22H18ClNO4. The number of anilines is 1. The number of benzene rings is 3. The smallest absolute Gasteiger partial charge is 0.338 e. The third-order valence-electron chi connectivity index (χ3n) is 3.78. The van der Waals surface area contributed by atoms with Crippen LogP contribution in [0.25, 0.3) is 0 Å². The summed E-state index contributed by atoms with van der Waals surface area (Å²) in [7, 11) is 0. The van der Waals surface area contributed by atoms with Crippen molar-refractivity contribution in [2.45, 2.75) is 6.61 Å². The topological polar surface area (TPSA) is 64.6 Å². The minimum absolute atomic E-state index is 0.360. The molecule has 0 spiro atoms. The summed E-state index contributed by atoms with van der Waals surface area (Å²) in [5.74, 6) is -0.239. The van der Waals surface area contributed by atoms with E-state index < -0.39 is 11.9 Å². The first-order valence-electron chi connectivity index (χ1n) is 8.59. The largest absolute Gasteiger partial charge is 0.489 e. The molecule has 0 heterocycles. The van der Waals surface area contributed by atoms with E-state index >= 15 is 0 Å². The van der Waals surface area contributed by atoms with E-state index in [1.165, 1.54) is 0 Å². The number of ether oxygens (including phenoxy) is 2. The molecule has 1 N–H and O–H groups in total. The number of hydrogen-bond acceptors (Lipinski definition) is 4. The standard InChI is InChI=1S/C22H18ClNO4/c23-18-5-4-6-19(13-18)24-21(25)15-28-22(26)17-11-9-16(10-12-17)14-27-20-7-2-1-3-8-20/h1-13H,14-15H2,(H,24,25). The van der Waals surface area contributed by atoms with Crippen LogP contribution in [0.1, 0.15) is 15.9 Å². The van der Waals surface area contributed by atoms with Crippen LogP contribution in [-0.4, -0.2) is 18.5 Å². The molecule has 28 heavy (non-hydrogen) atoms. The van der Waals surface area contributed by atoms with E-state index in [9.17, 15) is 9.59 Å². The van der Waals surface area contributed by atoms with Crippen LogP contribution < -0.4 is 10.1 Å². The lowest BCUT2D eigenvalue weighted by molar-refractivity contribution is -0.119. The van der Waals surface area contributed by atoms with Crippen molar-refractivity contribution in [2.24, 2.45) is 0 Å². The van der Waals surface area contributed by atoms with Gasteiger partial charge in [0.2, 0.25) is 0 Å². The number of carbonyl (C=O) groups is 2. The van der Waals surface area contributed by atoms with Crippen molar-refractivity contribution in [2.75, 3.05) is 11.9 Å². The predicted molar refractivity (Wildman–Crippen MR) is 108 cm³/mol. The molecule has 142 valence electrons. The Hall–Kier alpha value is -3.31. The quantitative estimate of drug-likeness (QED) is 0.588. The molecule has 6 heteroatoms. The van der Waals surface area contributed by atoms with Gasteiger partial charge in [0.25, 0.3) is 5.91 Å². The highest BCUT2D eigenvalue weighted by molar-refractivity contribution is 6.30. The Morgan fingerprint density at radius 3 is 2.36 bits per heavy atom. The van der Waals surface area contributed by atoms with E-state index in [1.807, 2.05) is 30.3 Å². The molecule has 3 aromatic rings. The van der Waals surface area contributed by atoms with Crippen LogP contribution in [-0.2, 0) is 16.1 Å². The van der Waals surface area contributed by atoms with Crippen molar-refractivity contribution in [3.63, 3.8) is 0 Å². The monoisotopic (exact) mass is 395 g/mol. The van der Waals surface area contributed by atoms with Gasteiger partial charge in [-0.05, 0) is 48.0 Å². The van der Waals surface area contributed by atoms with E-state index in [2.05, 4.69) is 5.32 Å². The fourth-order valence-electron chi connectivity index (χ4n) is 2.40. The zero-order valence-corrected chi connectivity index (χ0v) is 15.7. The van der Waals surface area contributed by atoms with Crippen molar-refractivity contribution < 1.29 is 19.1 Å². The van der Waals surface area contributed by atoms with Crippen molar-refractivity contribution >= 4 is 29.2 Å². The van der Waals surface area contributed by atoms with Crippen LogP contribution in [0, 0.1) is 0 Å². The van der Waals surface area contributed by atoms with Gasteiger partial charge in [-0.2, -0.15) is 0 Å². The molecule has 0 bridgehead atoms. The number of halogens is 1. The Kier molecular flexibility index (Phi) is 6.65. The van der Waals surface area contributed by atoms with Crippen molar-refractivity contribution in [3.05, 3.63) is 95.0 Å². The molecule has 5 nitrogen and oxygen atoms in total. The molecule has 0 radical (unpaired) electrons. The van der Waals surface area contributed by atoms with Crippen LogP contribution in [0.3, 0.4) is 0 Å². The second kappa shape index (κ2) is 9.58. The third kappa shape index (κ3) is 5.86. The molecule has 0 aliphatic carbocycles. The van der Waals surface area contributed by atoms with E-state index in [0.717, 1.165) is 11.3 Å². The van der Waals surface area contributed by atoms with E-state index in [0.29, 0.717) is 22.9 Å². The molecule has 0 saturated heterocycles. The second-order valence-corrected chi connectivity index (χ2v) is 6.37. The molecular weight excluding hydrogens is 378 g/mol. The maximum Gasteiger partial charge on any atom is 0.338 e. The van der Waals surface area contributed by atoms with E-state index in [-0.39, 0.29) is 6.61 Å². The molecule has 1 amide bonds. The Morgan fingerprint density at radius 2 is 1.64 bits per heavy atom. The zero-order valence-electron chi connectivity index (χ0n) is 14.9. The first-order valence-corrected chi connectivity index (χ1v) is 8.97. The number of rotatable bonds is 7. The van der Waals surface area contributed by atoms with Crippen LogP contribution in [0.5, 0.6) is 5.75 Å². The van der Waals surface area contributed by atoms with Crippen LogP contribution >= 0.6 is 11.6 Å². The number of hydrogen-bond donors (Lipinski definition) is 1. The summed E-state index contributed by atoms with van der Waals surface area (Å²) in [5.41, 5.74) is 1.81. The van der Waals surface area contributed by atoms with Gasteiger partial charge in [-0.25, -0.2) is 4.79 Å². The number of amides is 1. The van der Waals surface area contributed by atoms with Crippen LogP contribution in [0.4, 0.5) is 5.69 Å². The molecule has 0 aromatic heterocycles. The summed E-state index contributed by atoms with van der Waals surface area (Å²) >= 11 is 5.86. The van der Waals surface area contributed by atoms with Gasteiger partial charge in [0.1, 0.15) is 12.4 Å². The first-order chi connectivity index (χ1) is 13.6. The molecule has 0 unspecified atom stereocenters. The maximum atomic E-state index is 12.1. The highest BCUT2D eigenvalue weighted by Gasteiger charge is 2.11. The fraction of sp³-hybridized carbons (Fsp3) is 0.0909. The van der Waals surface area contributed by atoms with Gasteiger partial charge in [0, 0.05) is 10.7 Å². The van der Waals surface area contributed by atoms with Crippen molar-refractivity contribution in [1.29, 1.82) is 0 Å². The Labute approximate surface area is 167 Å². The average Bonchev–Trinajstić information content (AvgIpc) is 2.72. The summed E-state index contributed by atoms with van der Waals surface area (Å²) in [6, 6.07) is 23.0.